The van der Waals surface area contributed by atoms with E-state index in [1.54, 1.807) is 30.3 Å². The highest BCUT2D eigenvalue weighted by molar-refractivity contribution is 14.1. The summed E-state index contributed by atoms with van der Waals surface area (Å²) in [6.07, 6.45) is 0. The Morgan fingerprint density at radius 2 is 1.65 bits per heavy atom. The summed E-state index contributed by atoms with van der Waals surface area (Å²) < 4.78 is 0.976. The van der Waals surface area contributed by atoms with E-state index in [2.05, 4.69) is 33.2 Å². The maximum absolute atomic E-state index is 12.1. The van der Waals surface area contributed by atoms with Crippen LogP contribution in [0.15, 0.2) is 48.5 Å². The van der Waals surface area contributed by atoms with Gasteiger partial charge in [0.05, 0.1) is 11.4 Å². The number of halogens is 1. The molecule has 2 amide bonds. The zero-order valence-corrected chi connectivity index (χ0v) is 13.0. The minimum Gasteiger partial charge on any atom is -0.325 e. The third-order valence-corrected chi connectivity index (χ3v) is 3.25. The van der Waals surface area contributed by atoms with Gasteiger partial charge in [0, 0.05) is 16.1 Å². The van der Waals surface area contributed by atoms with Crippen LogP contribution in [-0.4, -0.2) is 11.8 Å². The third-order valence-electron chi connectivity index (χ3n) is 2.58. The largest absolute Gasteiger partial charge is 0.325 e. The van der Waals surface area contributed by atoms with Crippen molar-refractivity contribution >= 4 is 45.8 Å². The van der Waals surface area contributed by atoms with Crippen molar-refractivity contribution in [2.75, 3.05) is 10.6 Å². The van der Waals surface area contributed by atoms with Crippen molar-refractivity contribution in [3.05, 3.63) is 57.7 Å². The average molecular weight is 380 g/mol. The number of hydrogen-bond acceptors (Lipinski definition) is 2. The van der Waals surface area contributed by atoms with E-state index < -0.39 is 0 Å². The van der Waals surface area contributed by atoms with Crippen molar-refractivity contribution in [1.82, 2.24) is 0 Å². The Hall–Kier alpha value is -1.89. The predicted molar refractivity (Wildman–Crippen MR) is 87.9 cm³/mol. The molecule has 102 valence electrons. The third kappa shape index (κ3) is 3.80. The van der Waals surface area contributed by atoms with Crippen LogP contribution in [0.4, 0.5) is 11.4 Å². The molecule has 20 heavy (non-hydrogen) atoms. The Bertz CT molecular complexity index is 642. The maximum atomic E-state index is 12.1. The first-order valence-corrected chi connectivity index (χ1v) is 7.07. The summed E-state index contributed by atoms with van der Waals surface area (Å²) in [6.45, 7) is 1.43. The summed E-state index contributed by atoms with van der Waals surface area (Å²) >= 11 is 2.15. The lowest BCUT2D eigenvalue weighted by molar-refractivity contribution is -0.114. The van der Waals surface area contributed by atoms with Gasteiger partial charge >= 0.3 is 0 Å². The smallest absolute Gasteiger partial charge is 0.255 e. The Balaban J connectivity index is 2.25. The highest BCUT2D eigenvalue weighted by atomic mass is 127. The number of rotatable bonds is 3. The van der Waals surface area contributed by atoms with Crippen molar-refractivity contribution in [3.8, 4) is 0 Å². The number of hydrogen-bond donors (Lipinski definition) is 2. The van der Waals surface area contributed by atoms with Gasteiger partial charge in [0.2, 0.25) is 5.91 Å². The fourth-order valence-corrected chi connectivity index (χ4v) is 2.19. The van der Waals surface area contributed by atoms with Crippen LogP contribution in [0.3, 0.4) is 0 Å². The number of carbonyl (C=O) groups is 2. The van der Waals surface area contributed by atoms with Crippen LogP contribution in [-0.2, 0) is 4.79 Å². The highest BCUT2D eigenvalue weighted by Gasteiger charge is 2.10. The number of nitrogens with one attached hydrogen (secondary N) is 2. The van der Waals surface area contributed by atoms with E-state index in [1.807, 2.05) is 18.2 Å². The van der Waals surface area contributed by atoms with Crippen molar-refractivity contribution < 1.29 is 9.59 Å². The molecule has 0 aromatic heterocycles. The fourth-order valence-electron chi connectivity index (χ4n) is 1.70. The highest BCUT2D eigenvalue weighted by Crippen LogP contribution is 2.24. The van der Waals surface area contributed by atoms with Crippen LogP contribution in [0.2, 0.25) is 0 Å². The Morgan fingerprint density at radius 3 is 2.30 bits per heavy atom. The zero-order chi connectivity index (χ0) is 14.5. The molecule has 2 aromatic rings. The molecule has 2 N–H and O–H groups in total. The second-order valence-corrected chi connectivity index (χ2v) is 5.44. The fraction of sp³-hybridized carbons (Fsp3) is 0.0667. The molecule has 4 nitrogen and oxygen atoms in total. The molecule has 0 spiro atoms. The number of amides is 2. The van der Waals surface area contributed by atoms with Crippen LogP contribution in [0.25, 0.3) is 0 Å². The summed E-state index contributed by atoms with van der Waals surface area (Å²) in [5, 5.41) is 5.51. The van der Waals surface area contributed by atoms with Gasteiger partial charge in [-0.2, -0.15) is 0 Å². The SMILES string of the molecule is CC(=O)Nc1cc(I)ccc1NC(=O)c1ccccc1. The van der Waals surface area contributed by atoms with Crippen molar-refractivity contribution in [2.45, 2.75) is 6.92 Å². The summed E-state index contributed by atoms with van der Waals surface area (Å²) in [5.74, 6) is -0.388. The van der Waals surface area contributed by atoms with Gasteiger partial charge in [-0.1, -0.05) is 18.2 Å². The molecule has 0 aliphatic heterocycles. The van der Waals surface area contributed by atoms with Gasteiger partial charge in [-0.05, 0) is 52.9 Å². The molecular weight excluding hydrogens is 367 g/mol. The van der Waals surface area contributed by atoms with Crippen LogP contribution in [0.1, 0.15) is 17.3 Å². The van der Waals surface area contributed by atoms with Crippen LogP contribution >= 0.6 is 22.6 Å². The summed E-state index contributed by atoms with van der Waals surface area (Å²) in [4.78, 5) is 23.3. The van der Waals surface area contributed by atoms with Gasteiger partial charge in [0.1, 0.15) is 0 Å². The minimum absolute atomic E-state index is 0.179. The molecule has 0 fully saturated rings. The Labute approximate surface area is 130 Å². The van der Waals surface area contributed by atoms with E-state index in [-0.39, 0.29) is 11.8 Å². The van der Waals surface area contributed by atoms with Crippen LogP contribution in [0.5, 0.6) is 0 Å². The topological polar surface area (TPSA) is 58.2 Å². The van der Waals surface area contributed by atoms with Gasteiger partial charge in [-0.25, -0.2) is 0 Å². The molecule has 0 saturated heterocycles. The molecule has 0 radical (unpaired) electrons. The zero-order valence-electron chi connectivity index (χ0n) is 10.8. The first-order valence-electron chi connectivity index (χ1n) is 6.00. The van der Waals surface area contributed by atoms with Crippen molar-refractivity contribution in [2.24, 2.45) is 0 Å². The lowest BCUT2D eigenvalue weighted by Gasteiger charge is -2.12. The molecule has 0 saturated carbocycles. The van der Waals surface area contributed by atoms with Crippen LogP contribution < -0.4 is 10.6 Å². The first-order chi connectivity index (χ1) is 9.56. The second kappa shape index (κ2) is 6.51. The number of benzene rings is 2. The second-order valence-electron chi connectivity index (χ2n) is 4.19. The van der Waals surface area contributed by atoms with E-state index in [4.69, 9.17) is 0 Å². The molecule has 0 heterocycles. The van der Waals surface area contributed by atoms with E-state index in [0.29, 0.717) is 16.9 Å². The quantitative estimate of drug-likeness (QED) is 0.801. The van der Waals surface area contributed by atoms with Gasteiger partial charge in [-0.15, -0.1) is 0 Å². The van der Waals surface area contributed by atoms with Crippen molar-refractivity contribution in [3.63, 3.8) is 0 Å². The summed E-state index contributed by atoms with van der Waals surface area (Å²) in [5.41, 5.74) is 1.74. The first kappa shape index (κ1) is 14.5. The Kier molecular flexibility index (Phi) is 4.73. The van der Waals surface area contributed by atoms with E-state index >= 15 is 0 Å². The van der Waals surface area contributed by atoms with Gasteiger partial charge < -0.3 is 10.6 Å². The molecule has 0 bridgehead atoms. The molecule has 2 aromatic carbocycles. The molecule has 0 aliphatic rings. The predicted octanol–water partition coefficient (Wildman–Crippen LogP) is 3.50. The van der Waals surface area contributed by atoms with E-state index in [9.17, 15) is 9.59 Å². The van der Waals surface area contributed by atoms with E-state index in [0.717, 1.165) is 3.57 Å². The normalized spacial score (nSPS) is 9.90. The number of anilines is 2. The minimum atomic E-state index is -0.210. The van der Waals surface area contributed by atoms with Gasteiger partial charge in [-0.3, -0.25) is 9.59 Å². The molecule has 2 rings (SSSR count). The van der Waals surface area contributed by atoms with E-state index in [1.165, 1.54) is 6.92 Å². The molecule has 0 unspecified atom stereocenters. The van der Waals surface area contributed by atoms with Gasteiger partial charge in [0.25, 0.3) is 5.91 Å². The number of carbonyl (C=O) groups excluding carboxylic acids is 2. The lowest BCUT2D eigenvalue weighted by Crippen LogP contribution is -2.15. The maximum Gasteiger partial charge on any atom is 0.255 e. The standard InChI is InChI=1S/C15H13IN2O2/c1-10(19)17-14-9-12(16)7-8-13(14)18-15(20)11-5-3-2-4-6-11/h2-9H,1H3,(H,17,19)(H,18,20). The van der Waals surface area contributed by atoms with Crippen LogP contribution in [0, 0.1) is 3.57 Å². The summed E-state index contributed by atoms with van der Waals surface area (Å²) in [7, 11) is 0. The Morgan fingerprint density at radius 1 is 0.950 bits per heavy atom. The van der Waals surface area contributed by atoms with Crippen molar-refractivity contribution in [1.29, 1.82) is 0 Å². The molecule has 5 heteroatoms. The molecule has 0 aliphatic carbocycles. The summed E-state index contributed by atoms with van der Waals surface area (Å²) in [6, 6.07) is 14.4. The lowest BCUT2D eigenvalue weighted by atomic mass is 10.2. The molecule has 0 atom stereocenters. The average Bonchev–Trinajstić information content (AvgIpc) is 2.42. The van der Waals surface area contributed by atoms with Gasteiger partial charge in [0.15, 0.2) is 0 Å². The monoisotopic (exact) mass is 380 g/mol. The molecular formula is C15H13IN2O2.